The van der Waals surface area contributed by atoms with Crippen LogP contribution in [0.25, 0.3) is 0 Å². The van der Waals surface area contributed by atoms with E-state index in [4.69, 9.17) is 0 Å². The van der Waals surface area contributed by atoms with E-state index >= 15 is 0 Å². The average molecular weight is 269 g/mol. The Morgan fingerprint density at radius 2 is 1.94 bits per heavy atom. The molecule has 1 saturated carbocycles. The lowest BCUT2D eigenvalue weighted by molar-refractivity contribution is 0.408. The molecule has 1 aliphatic carbocycles. The second kappa shape index (κ2) is 6.43. The molecule has 0 aliphatic heterocycles. The van der Waals surface area contributed by atoms with Gasteiger partial charge in [0.05, 0.1) is 10.8 Å². The molecule has 0 amide bonds. The van der Waals surface area contributed by atoms with Crippen molar-refractivity contribution >= 4 is 10.8 Å². The van der Waals surface area contributed by atoms with Crippen LogP contribution in [0.2, 0.25) is 0 Å². The van der Waals surface area contributed by atoms with E-state index in [9.17, 15) is 8.60 Å². The van der Waals surface area contributed by atoms with Gasteiger partial charge in [0.2, 0.25) is 0 Å². The third kappa shape index (κ3) is 3.39. The topological polar surface area (TPSA) is 29.1 Å². The van der Waals surface area contributed by atoms with Crippen LogP contribution in [-0.2, 0) is 10.8 Å². The first-order valence-electron chi connectivity index (χ1n) is 6.52. The van der Waals surface area contributed by atoms with Crippen molar-refractivity contribution in [2.24, 2.45) is 5.92 Å². The molecule has 1 N–H and O–H groups in total. The highest BCUT2D eigenvalue weighted by molar-refractivity contribution is 7.85. The molecule has 0 saturated heterocycles. The summed E-state index contributed by atoms with van der Waals surface area (Å²) in [6, 6.07) is 6.28. The number of rotatable bonds is 5. The van der Waals surface area contributed by atoms with E-state index < -0.39 is 10.8 Å². The smallest absolute Gasteiger partial charge is 0.123 e. The zero-order valence-electron chi connectivity index (χ0n) is 10.7. The summed E-state index contributed by atoms with van der Waals surface area (Å²) >= 11 is 0. The van der Waals surface area contributed by atoms with Gasteiger partial charge in [-0.3, -0.25) is 4.21 Å². The summed E-state index contributed by atoms with van der Waals surface area (Å²) in [5.41, 5.74) is 0. The Kier molecular flexibility index (Phi) is 4.89. The van der Waals surface area contributed by atoms with Gasteiger partial charge in [-0.15, -0.1) is 0 Å². The van der Waals surface area contributed by atoms with Gasteiger partial charge in [-0.05, 0) is 50.1 Å². The van der Waals surface area contributed by atoms with Crippen LogP contribution in [0.5, 0.6) is 0 Å². The fourth-order valence-electron chi connectivity index (χ4n) is 2.66. The highest BCUT2D eigenvalue weighted by Gasteiger charge is 2.25. The fraction of sp³-hybridized carbons (Fsp3) is 0.571. The summed E-state index contributed by atoms with van der Waals surface area (Å²) in [5, 5.41) is 3.29. The molecule has 1 fully saturated rings. The normalized spacial score (nSPS) is 19.9. The molecule has 1 aromatic carbocycles. The highest BCUT2D eigenvalue weighted by Crippen LogP contribution is 2.28. The van der Waals surface area contributed by atoms with Crippen molar-refractivity contribution < 1.29 is 8.60 Å². The lowest BCUT2D eigenvalue weighted by atomic mass is 10.0. The number of nitrogens with one attached hydrogen (secondary N) is 1. The van der Waals surface area contributed by atoms with Crippen molar-refractivity contribution in [3.05, 3.63) is 30.1 Å². The summed E-state index contributed by atoms with van der Waals surface area (Å²) in [7, 11) is 0.889. The third-order valence-electron chi connectivity index (χ3n) is 3.75. The summed E-state index contributed by atoms with van der Waals surface area (Å²) in [5.74, 6) is 0.975. The van der Waals surface area contributed by atoms with Gasteiger partial charge in [-0.1, -0.05) is 12.8 Å². The zero-order valence-corrected chi connectivity index (χ0v) is 11.5. The number of halogens is 1. The average Bonchev–Trinajstić information content (AvgIpc) is 2.90. The van der Waals surface area contributed by atoms with Crippen LogP contribution in [0, 0.1) is 11.7 Å². The molecular formula is C14H20FNOS. The highest BCUT2D eigenvalue weighted by atomic mass is 32.2. The molecule has 100 valence electrons. The Labute approximate surface area is 110 Å². The SMILES string of the molecule is CNC(CS(=O)c1ccc(F)cc1)C1CCCC1. The third-order valence-corrected chi connectivity index (χ3v) is 5.21. The quantitative estimate of drug-likeness (QED) is 0.890. The molecule has 0 heterocycles. The summed E-state index contributed by atoms with van der Waals surface area (Å²) in [6.07, 6.45) is 5.02. The van der Waals surface area contributed by atoms with E-state index in [1.165, 1.54) is 37.8 Å². The van der Waals surface area contributed by atoms with E-state index in [1.807, 2.05) is 7.05 Å². The predicted octanol–water partition coefficient (Wildman–Crippen LogP) is 2.71. The van der Waals surface area contributed by atoms with Gasteiger partial charge < -0.3 is 5.32 Å². The Bertz CT molecular complexity index is 401. The minimum absolute atomic E-state index is 0.281. The fourth-order valence-corrected chi connectivity index (χ4v) is 4.06. The Morgan fingerprint density at radius 3 is 2.50 bits per heavy atom. The maximum Gasteiger partial charge on any atom is 0.123 e. The molecule has 1 aromatic rings. The van der Waals surface area contributed by atoms with Crippen molar-refractivity contribution in [3.63, 3.8) is 0 Å². The molecule has 2 atom stereocenters. The second-order valence-electron chi connectivity index (χ2n) is 4.91. The van der Waals surface area contributed by atoms with E-state index in [0.717, 1.165) is 4.90 Å². The molecular weight excluding hydrogens is 249 g/mol. The zero-order chi connectivity index (χ0) is 13.0. The monoisotopic (exact) mass is 269 g/mol. The largest absolute Gasteiger partial charge is 0.316 e. The van der Waals surface area contributed by atoms with Crippen LogP contribution in [-0.4, -0.2) is 23.1 Å². The summed E-state index contributed by atoms with van der Waals surface area (Å²) in [4.78, 5) is 0.717. The first-order chi connectivity index (χ1) is 8.70. The first kappa shape index (κ1) is 13.7. The van der Waals surface area contributed by atoms with E-state index in [1.54, 1.807) is 12.1 Å². The summed E-state index contributed by atoms with van der Waals surface area (Å²) < 4.78 is 25.0. The van der Waals surface area contributed by atoms with Crippen molar-refractivity contribution in [1.82, 2.24) is 5.32 Å². The predicted molar refractivity (Wildman–Crippen MR) is 72.5 cm³/mol. The van der Waals surface area contributed by atoms with Crippen LogP contribution in [0.3, 0.4) is 0 Å². The molecule has 0 spiro atoms. The molecule has 0 radical (unpaired) electrons. The Hall–Kier alpha value is -0.740. The molecule has 2 rings (SSSR count). The van der Waals surface area contributed by atoms with Crippen LogP contribution >= 0.6 is 0 Å². The van der Waals surface area contributed by atoms with Crippen LogP contribution in [0.4, 0.5) is 4.39 Å². The van der Waals surface area contributed by atoms with E-state index in [0.29, 0.717) is 17.7 Å². The van der Waals surface area contributed by atoms with Gasteiger partial charge in [-0.2, -0.15) is 0 Å². The van der Waals surface area contributed by atoms with Crippen LogP contribution in [0.1, 0.15) is 25.7 Å². The second-order valence-corrected chi connectivity index (χ2v) is 6.40. The minimum Gasteiger partial charge on any atom is -0.316 e. The molecule has 18 heavy (non-hydrogen) atoms. The van der Waals surface area contributed by atoms with Gasteiger partial charge in [0.15, 0.2) is 0 Å². The number of hydrogen-bond donors (Lipinski definition) is 1. The van der Waals surface area contributed by atoms with Crippen molar-refractivity contribution in [3.8, 4) is 0 Å². The van der Waals surface area contributed by atoms with Crippen LogP contribution in [0.15, 0.2) is 29.2 Å². The Morgan fingerprint density at radius 1 is 1.33 bits per heavy atom. The van der Waals surface area contributed by atoms with Crippen molar-refractivity contribution in [2.75, 3.05) is 12.8 Å². The molecule has 0 bridgehead atoms. The Balaban J connectivity index is 1.98. The standard InChI is InChI=1S/C14H20FNOS/c1-16-14(11-4-2-3-5-11)10-18(17)13-8-6-12(15)7-9-13/h6-9,11,14,16H,2-5,10H2,1H3. The molecule has 0 aromatic heterocycles. The van der Waals surface area contributed by atoms with Gasteiger partial charge in [0.25, 0.3) is 0 Å². The van der Waals surface area contributed by atoms with Crippen LogP contribution < -0.4 is 5.32 Å². The number of benzene rings is 1. The van der Waals surface area contributed by atoms with Gasteiger partial charge in [-0.25, -0.2) is 4.39 Å². The van der Waals surface area contributed by atoms with E-state index in [-0.39, 0.29) is 5.82 Å². The van der Waals surface area contributed by atoms with Gasteiger partial charge in [0.1, 0.15) is 5.82 Å². The maximum atomic E-state index is 12.8. The van der Waals surface area contributed by atoms with Gasteiger partial charge >= 0.3 is 0 Å². The summed E-state index contributed by atoms with van der Waals surface area (Å²) in [6.45, 7) is 0. The van der Waals surface area contributed by atoms with Crippen molar-refractivity contribution in [1.29, 1.82) is 0 Å². The molecule has 4 heteroatoms. The lowest BCUT2D eigenvalue weighted by Gasteiger charge is -2.22. The first-order valence-corrected chi connectivity index (χ1v) is 7.84. The maximum absolute atomic E-state index is 12.8. The molecule has 2 unspecified atom stereocenters. The van der Waals surface area contributed by atoms with Crippen molar-refractivity contribution in [2.45, 2.75) is 36.6 Å². The van der Waals surface area contributed by atoms with Gasteiger partial charge in [0, 0.05) is 16.7 Å². The lowest BCUT2D eigenvalue weighted by Crippen LogP contribution is -2.37. The molecule has 1 aliphatic rings. The minimum atomic E-state index is -1.05. The van der Waals surface area contributed by atoms with E-state index in [2.05, 4.69) is 5.32 Å². The molecule has 2 nitrogen and oxygen atoms in total. The number of hydrogen-bond acceptors (Lipinski definition) is 2.